The van der Waals surface area contributed by atoms with Gasteiger partial charge in [0.15, 0.2) is 0 Å². The predicted octanol–water partition coefficient (Wildman–Crippen LogP) is 3.02. The van der Waals surface area contributed by atoms with Crippen molar-refractivity contribution in [3.8, 4) is 6.07 Å². The molecule has 2 heteroatoms. The molecule has 0 aliphatic heterocycles. The van der Waals surface area contributed by atoms with Crippen LogP contribution in [0.2, 0.25) is 0 Å². The van der Waals surface area contributed by atoms with Crippen molar-refractivity contribution in [2.75, 3.05) is 0 Å². The second-order valence-electron chi connectivity index (χ2n) is 3.30. The van der Waals surface area contributed by atoms with E-state index in [1.165, 1.54) is 12.1 Å². The van der Waals surface area contributed by atoms with E-state index in [-0.39, 0.29) is 5.82 Å². The summed E-state index contributed by atoms with van der Waals surface area (Å²) in [5, 5.41) is 8.96. The van der Waals surface area contributed by atoms with Crippen molar-refractivity contribution in [2.45, 2.75) is 25.7 Å². The van der Waals surface area contributed by atoms with E-state index in [2.05, 4.69) is 6.07 Å². The predicted molar refractivity (Wildman–Crippen MR) is 49.7 cm³/mol. The SMILES string of the molecule is CCC(C)(C#N)c1ccc(F)cc1. The van der Waals surface area contributed by atoms with Crippen molar-refractivity contribution in [2.24, 2.45) is 0 Å². The topological polar surface area (TPSA) is 23.8 Å². The van der Waals surface area contributed by atoms with Crippen LogP contribution < -0.4 is 0 Å². The summed E-state index contributed by atoms with van der Waals surface area (Å²) in [5.41, 5.74) is 0.382. The summed E-state index contributed by atoms with van der Waals surface area (Å²) in [6, 6.07) is 8.36. The third-order valence-corrected chi connectivity index (χ3v) is 2.44. The first-order valence-corrected chi connectivity index (χ1v) is 4.29. The Hall–Kier alpha value is -1.36. The van der Waals surface area contributed by atoms with Crippen LogP contribution in [0, 0.1) is 17.1 Å². The highest BCUT2D eigenvalue weighted by molar-refractivity contribution is 5.31. The molecule has 0 bridgehead atoms. The van der Waals surface area contributed by atoms with E-state index < -0.39 is 5.41 Å². The van der Waals surface area contributed by atoms with E-state index in [4.69, 9.17) is 5.26 Å². The molecule has 1 rings (SSSR count). The number of halogens is 1. The van der Waals surface area contributed by atoms with Gasteiger partial charge in [-0.15, -0.1) is 0 Å². The Morgan fingerprint density at radius 2 is 1.92 bits per heavy atom. The number of nitrogens with zero attached hydrogens (tertiary/aromatic N) is 1. The van der Waals surface area contributed by atoms with Crippen molar-refractivity contribution in [1.29, 1.82) is 5.26 Å². The minimum Gasteiger partial charge on any atom is -0.207 e. The third-order valence-electron chi connectivity index (χ3n) is 2.44. The van der Waals surface area contributed by atoms with Crippen molar-refractivity contribution in [3.05, 3.63) is 35.6 Å². The molecule has 0 radical (unpaired) electrons. The first-order valence-electron chi connectivity index (χ1n) is 4.29. The molecule has 0 amide bonds. The van der Waals surface area contributed by atoms with Gasteiger partial charge in [0, 0.05) is 0 Å². The molecule has 0 aromatic heterocycles. The average Bonchev–Trinajstić information content (AvgIpc) is 2.18. The number of rotatable bonds is 2. The fourth-order valence-corrected chi connectivity index (χ4v) is 1.17. The van der Waals surface area contributed by atoms with E-state index >= 15 is 0 Å². The van der Waals surface area contributed by atoms with Crippen molar-refractivity contribution < 1.29 is 4.39 Å². The van der Waals surface area contributed by atoms with Crippen LogP contribution in [0.1, 0.15) is 25.8 Å². The maximum absolute atomic E-state index is 12.6. The highest BCUT2D eigenvalue weighted by Gasteiger charge is 2.23. The van der Waals surface area contributed by atoms with Crippen molar-refractivity contribution in [1.82, 2.24) is 0 Å². The zero-order valence-electron chi connectivity index (χ0n) is 7.84. The van der Waals surface area contributed by atoms with Crippen molar-refractivity contribution in [3.63, 3.8) is 0 Å². The second kappa shape index (κ2) is 3.57. The second-order valence-corrected chi connectivity index (χ2v) is 3.30. The summed E-state index contributed by atoms with van der Waals surface area (Å²) in [6.07, 6.45) is 0.731. The lowest BCUT2D eigenvalue weighted by Gasteiger charge is -2.19. The van der Waals surface area contributed by atoms with Gasteiger partial charge in [0.25, 0.3) is 0 Å². The fraction of sp³-hybridized carbons (Fsp3) is 0.364. The molecule has 0 saturated heterocycles. The molecule has 1 atom stereocenters. The van der Waals surface area contributed by atoms with Gasteiger partial charge >= 0.3 is 0 Å². The lowest BCUT2D eigenvalue weighted by atomic mass is 9.82. The molecule has 1 aromatic rings. The van der Waals surface area contributed by atoms with E-state index in [0.717, 1.165) is 12.0 Å². The van der Waals surface area contributed by atoms with E-state index in [0.29, 0.717) is 0 Å². The molecule has 0 saturated carbocycles. The molecule has 1 aromatic carbocycles. The summed E-state index contributed by atoms with van der Waals surface area (Å²) in [6.45, 7) is 3.81. The first kappa shape index (κ1) is 9.73. The number of hydrogen-bond donors (Lipinski definition) is 0. The lowest BCUT2D eigenvalue weighted by molar-refractivity contribution is 0.581. The average molecular weight is 177 g/mol. The number of hydrogen-bond acceptors (Lipinski definition) is 1. The van der Waals surface area contributed by atoms with Gasteiger partial charge in [0.1, 0.15) is 5.82 Å². The van der Waals surface area contributed by atoms with Gasteiger partial charge in [0.2, 0.25) is 0 Å². The molecule has 0 spiro atoms. The number of nitriles is 1. The number of benzene rings is 1. The maximum atomic E-state index is 12.6. The summed E-state index contributed by atoms with van der Waals surface area (Å²) >= 11 is 0. The highest BCUT2D eigenvalue weighted by atomic mass is 19.1. The van der Waals surface area contributed by atoms with Crippen LogP contribution >= 0.6 is 0 Å². The zero-order chi connectivity index (χ0) is 9.90. The smallest absolute Gasteiger partial charge is 0.123 e. The molecular formula is C11H12FN. The maximum Gasteiger partial charge on any atom is 0.123 e. The monoisotopic (exact) mass is 177 g/mol. The molecule has 0 N–H and O–H groups in total. The summed E-state index contributed by atoms with van der Waals surface area (Å²) in [4.78, 5) is 0. The Morgan fingerprint density at radius 3 is 2.31 bits per heavy atom. The van der Waals surface area contributed by atoms with Crippen LogP contribution in [0.3, 0.4) is 0 Å². The first-order chi connectivity index (χ1) is 6.12. The zero-order valence-corrected chi connectivity index (χ0v) is 7.84. The van der Waals surface area contributed by atoms with Gasteiger partial charge < -0.3 is 0 Å². The Balaban J connectivity index is 3.08. The Morgan fingerprint density at radius 1 is 1.38 bits per heavy atom. The summed E-state index contributed by atoms with van der Waals surface area (Å²) in [7, 11) is 0. The molecular weight excluding hydrogens is 165 g/mol. The van der Waals surface area contributed by atoms with Gasteiger partial charge in [-0.1, -0.05) is 19.1 Å². The minimum atomic E-state index is -0.492. The highest BCUT2D eigenvalue weighted by Crippen LogP contribution is 2.26. The minimum absolute atomic E-state index is 0.264. The van der Waals surface area contributed by atoms with E-state index in [1.807, 2.05) is 13.8 Å². The molecule has 0 aliphatic carbocycles. The van der Waals surface area contributed by atoms with Gasteiger partial charge in [0.05, 0.1) is 11.5 Å². The molecule has 1 nitrogen and oxygen atoms in total. The quantitative estimate of drug-likeness (QED) is 0.681. The van der Waals surface area contributed by atoms with Crippen LogP contribution in [0.4, 0.5) is 4.39 Å². The third kappa shape index (κ3) is 1.86. The molecule has 13 heavy (non-hydrogen) atoms. The van der Waals surface area contributed by atoms with Crippen LogP contribution in [-0.2, 0) is 5.41 Å². The van der Waals surface area contributed by atoms with Crippen LogP contribution in [0.5, 0.6) is 0 Å². The Bertz CT molecular complexity index is 323. The van der Waals surface area contributed by atoms with Gasteiger partial charge in [-0.2, -0.15) is 5.26 Å². The van der Waals surface area contributed by atoms with Crippen LogP contribution in [-0.4, -0.2) is 0 Å². The molecule has 0 aliphatic rings. The molecule has 1 unspecified atom stereocenters. The van der Waals surface area contributed by atoms with Gasteiger partial charge in [-0.3, -0.25) is 0 Å². The largest absolute Gasteiger partial charge is 0.207 e. The molecule has 68 valence electrons. The van der Waals surface area contributed by atoms with E-state index in [9.17, 15) is 4.39 Å². The summed E-state index contributed by atoms with van der Waals surface area (Å²) < 4.78 is 12.6. The Labute approximate surface area is 77.8 Å². The Kier molecular flexibility index (Phi) is 2.67. The normalized spacial score (nSPS) is 14.6. The fourth-order valence-electron chi connectivity index (χ4n) is 1.17. The van der Waals surface area contributed by atoms with Crippen molar-refractivity contribution >= 4 is 0 Å². The molecule has 0 heterocycles. The van der Waals surface area contributed by atoms with Gasteiger partial charge in [-0.05, 0) is 31.0 Å². The van der Waals surface area contributed by atoms with Gasteiger partial charge in [-0.25, -0.2) is 4.39 Å². The van der Waals surface area contributed by atoms with Crippen LogP contribution in [0.25, 0.3) is 0 Å². The standard InChI is InChI=1S/C11H12FN/c1-3-11(2,8-13)9-4-6-10(12)7-5-9/h4-7H,3H2,1-2H3. The van der Waals surface area contributed by atoms with Crippen LogP contribution in [0.15, 0.2) is 24.3 Å². The molecule has 0 fully saturated rings. The summed E-state index contributed by atoms with van der Waals surface area (Å²) in [5.74, 6) is -0.264. The lowest BCUT2D eigenvalue weighted by Crippen LogP contribution is -2.17. The van der Waals surface area contributed by atoms with E-state index in [1.54, 1.807) is 12.1 Å².